The van der Waals surface area contributed by atoms with E-state index in [1.807, 2.05) is 36.4 Å². The number of nitro groups is 1. The second-order valence-electron chi connectivity index (χ2n) is 6.01. The maximum Gasteiger partial charge on any atom is 0.270 e. The van der Waals surface area contributed by atoms with Gasteiger partial charge >= 0.3 is 0 Å². The summed E-state index contributed by atoms with van der Waals surface area (Å²) in [7, 11) is -3.24. The average Bonchev–Trinajstić information content (AvgIpc) is 2.73. The summed E-state index contributed by atoms with van der Waals surface area (Å²) in [5.41, 5.74) is 0.909. The molecule has 27 heavy (non-hydrogen) atoms. The normalized spacial score (nSPS) is 11.0. The van der Waals surface area contributed by atoms with Crippen LogP contribution in [0, 0.1) is 10.1 Å². The molecule has 0 heterocycles. The highest BCUT2D eigenvalue weighted by molar-refractivity contribution is 7.83. The van der Waals surface area contributed by atoms with Crippen molar-refractivity contribution in [3.63, 3.8) is 0 Å². The van der Waals surface area contributed by atoms with Crippen LogP contribution in [0.5, 0.6) is 0 Å². The number of allylic oxidation sites excluding steroid dienone is 2. The third-order valence-electron chi connectivity index (χ3n) is 4.37. The number of hydrogen-bond acceptors (Lipinski definition) is 3. The van der Waals surface area contributed by atoms with E-state index in [1.54, 1.807) is 36.4 Å². The first-order chi connectivity index (χ1) is 12.9. The van der Waals surface area contributed by atoms with Gasteiger partial charge in [0.05, 0.1) is 4.92 Å². The topological polar surface area (TPSA) is 60.2 Å². The van der Waals surface area contributed by atoms with Crippen molar-refractivity contribution in [1.82, 2.24) is 0 Å². The number of nitro benzene ring substituents is 1. The van der Waals surface area contributed by atoms with Crippen molar-refractivity contribution in [2.24, 2.45) is 0 Å². The summed E-state index contributed by atoms with van der Waals surface area (Å²) in [6.45, 7) is 8.15. The SMILES string of the molecule is C=C(C(=C)P(=O)(c1ccccc1)c1ccccc1)c1cccc([N+](=O)[O-])c1. The molecule has 3 aromatic carbocycles. The minimum absolute atomic E-state index is 0.0456. The van der Waals surface area contributed by atoms with Crippen molar-refractivity contribution < 1.29 is 9.49 Å². The molecule has 0 fully saturated rings. The van der Waals surface area contributed by atoms with Crippen LogP contribution in [0.2, 0.25) is 0 Å². The van der Waals surface area contributed by atoms with Gasteiger partial charge in [0.15, 0.2) is 7.14 Å². The predicted molar refractivity (Wildman–Crippen MR) is 111 cm³/mol. The van der Waals surface area contributed by atoms with Crippen LogP contribution < -0.4 is 10.6 Å². The minimum atomic E-state index is -3.24. The zero-order chi connectivity index (χ0) is 19.4. The summed E-state index contributed by atoms with van der Waals surface area (Å²) in [6.07, 6.45) is 0. The number of non-ortho nitro benzene ring substituents is 1. The first-order valence-corrected chi connectivity index (χ1v) is 10.00. The van der Waals surface area contributed by atoms with Gasteiger partial charge in [0, 0.05) is 28.1 Å². The van der Waals surface area contributed by atoms with E-state index < -0.39 is 12.1 Å². The maximum absolute atomic E-state index is 14.3. The van der Waals surface area contributed by atoms with Crippen LogP contribution in [0.3, 0.4) is 0 Å². The smallest absolute Gasteiger partial charge is 0.270 e. The van der Waals surface area contributed by atoms with E-state index in [0.717, 1.165) is 0 Å². The Morgan fingerprint density at radius 1 is 0.815 bits per heavy atom. The van der Waals surface area contributed by atoms with Gasteiger partial charge in [-0.3, -0.25) is 10.1 Å². The van der Waals surface area contributed by atoms with Crippen molar-refractivity contribution >= 4 is 29.0 Å². The fourth-order valence-corrected chi connectivity index (χ4v) is 5.52. The van der Waals surface area contributed by atoms with Gasteiger partial charge in [-0.15, -0.1) is 0 Å². The fourth-order valence-electron chi connectivity index (χ4n) is 2.90. The summed E-state index contributed by atoms with van der Waals surface area (Å²) in [6, 6.07) is 24.4. The van der Waals surface area contributed by atoms with E-state index in [0.29, 0.717) is 27.1 Å². The quantitative estimate of drug-likeness (QED) is 0.260. The highest BCUT2D eigenvalue weighted by Crippen LogP contribution is 2.55. The standard InChI is InChI=1S/C22H18NO3P/c1-17(19-10-9-11-20(16-19)23(24)25)18(2)27(26,21-12-5-3-6-13-21)22-14-7-4-8-15-22/h3-16H,1-2H2. The molecule has 0 saturated heterocycles. The van der Waals surface area contributed by atoms with E-state index in [4.69, 9.17) is 0 Å². The number of hydrogen-bond donors (Lipinski definition) is 0. The lowest BCUT2D eigenvalue weighted by Crippen LogP contribution is -2.17. The van der Waals surface area contributed by atoms with Crippen molar-refractivity contribution in [2.75, 3.05) is 0 Å². The van der Waals surface area contributed by atoms with Crippen LogP contribution in [-0.2, 0) is 4.57 Å². The largest absolute Gasteiger partial charge is 0.309 e. The first-order valence-electron chi connectivity index (χ1n) is 8.29. The molecule has 0 aliphatic rings. The molecule has 134 valence electrons. The lowest BCUT2D eigenvalue weighted by atomic mass is 10.1. The average molecular weight is 375 g/mol. The highest BCUT2D eigenvalue weighted by atomic mass is 31.2. The Balaban J connectivity index is 2.12. The molecule has 0 aromatic heterocycles. The third-order valence-corrected chi connectivity index (χ3v) is 7.45. The predicted octanol–water partition coefficient (Wildman–Crippen LogP) is 5.14. The zero-order valence-corrected chi connectivity index (χ0v) is 15.5. The van der Waals surface area contributed by atoms with Gasteiger partial charge in [0.2, 0.25) is 0 Å². The monoisotopic (exact) mass is 375 g/mol. The summed E-state index contributed by atoms with van der Waals surface area (Å²) in [5.74, 6) is 0. The van der Waals surface area contributed by atoms with E-state index in [1.165, 1.54) is 12.1 Å². The first kappa shape index (κ1) is 18.6. The summed E-state index contributed by atoms with van der Waals surface area (Å²) < 4.78 is 14.3. The number of nitrogens with zero attached hydrogens (tertiary/aromatic N) is 1. The van der Waals surface area contributed by atoms with E-state index in [-0.39, 0.29) is 5.69 Å². The molecule has 0 amide bonds. The van der Waals surface area contributed by atoms with Crippen LogP contribution >= 0.6 is 7.14 Å². The maximum atomic E-state index is 14.3. The Hall–Kier alpha value is -3.23. The summed E-state index contributed by atoms with van der Waals surface area (Å²) in [5, 5.41) is 12.7. The second kappa shape index (κ2) is 7.56. The summed E-state index contributed by atoms with van der Waals surface area (Å²) in [4.78, 5) is 10.6. The summed E-state index contributed by atoms with van der Waals surface area (Å²) >= 11 is 0. The molecule has 0 aliphatic heterocycles. The zero-order valence-electron chi connectivity index (χ0n) is 14.6. The molecule has 4 nitrogen and oxygen atoms in total. The Morgan fingerprint density at radius 3 is 1.81 bits per heavy atom. The molecule has 0 spiro atoms. The molecule has 3 aromatic rings. The van der Waals surface area contributed by atoms with Gasteiger partial charge in [0.25, 0.3) is 5.69 Å². The molecule has 0 N–H and O–H groups in total. The number of rotatable bonds is 6. The van der Waals surface area contributed by atoms with Crippen molar-refractivity contribution in [2.45, 2.75) is 0 Å². The lowest BCUT2D eigenvalue weighted by Gasteiger charge is -2.23. The van der Waals surface area contributed by atoms with Crippen LogP contribution in [0.4, 0.5) is 5.69 Å². The van der Waals surface area contributed by atoms with E-state index >= 15 is 0 Å². The molecule has 0 bridgehead atoms. The molecular weight excluding hydrogens is 357 g/mol. The molecule has 0 aliphatic carbocycles. The Kier molecular flexibility index (Phi) is 5.20. The lowest BCUT2D eigenvalue weighted by molar-refractivity contribution is -0.384. The molecule has 0 saturated carbocycles. The molecule has 0 atom stereocenters. The van der Waals surface area contributed by atoms with Gasteiger partial charge in [-0.2, -0.15) is 0 Å². The van der Waals surface area contributed by atoms with E-state index in [2.05, 4.69) is 13.2 Å². The van der Waals surface area contributed by atoms with Crippen molar-refractivity contribution in [1.29, 1.82) is 0 Å². The fraction of sp³-hybridized carbons (Fsp3) is 0. The van der Waals surface area contributed by atoms with Crippen molar-refractivity contribution in [3.05, 3.63) is 119 Å². The Morgan fingerprint density at radius 2 is 1.33 bits per heavy atom. The molecule has 0 radical (unpaired) electrons. The van der Waals surface area contributed by atoms with Crippen LogP contribution in [0.15, 0.2) is 103 Å². The second-order valence-corrected chi connectivity index (χ2v) is 8.80. The van der Waals surface area contributed by atoms with E-state index in [9.17, 15) is 14.7 Å². The third kappa shape index (κ3) is 3.53. The van der Waals surface area contributed by atoms with Gasteiger partial charge < -0.3 is 4.57 Å². The molecule has 0 unspecified atom stereocenters. The molecule has 3 rings (SSSR count). The number of benzene rings is 3. The van der Waals surface area contributed by atoms with Crippen molar-refractivity contribution in [3.8, 4) is 0 Å². The molecular formula is C22H18NO3P. The Labute approximate surface area is 158 Å². The minimum Gasteiger partial charge on any atom is -0.309 e. The van der Waals surface area contributed by atoms with Crippen LogP contribution in [-0.4, -0.2) is 4.92 Å². The van der Waals surface area contributed by atoms with Gasteiger partial charge in [-0.25, -0.2) is 0 Å². The molecule has 5 heteroatoms. The van der Waals surface area contributed by atoms with Gasteiger partial charge in [0.1, 0.15) is 0 Å². The van der Waals surface area contributed by atoms with Gasteiger partial charge in [-0.05, 0) is 11.1 Å². The van der Waals surface area contributed by atoms with Gasteiger partial charge in [-0.1, -0.05) is 86.0 Å². The highest BCUT2D eigenvalue weighted by Gasteiger charge is 2.32. The van der Waals surface area contributed by atoms with Crippen LogP contribution in [0.1, 0.15) is 5.56 Å². The Bertz CT molecular complexity index is 1020. The van der Waals surface area contributed by atoms with Crippen LogP contribution in [0.25, 0.3) is 5.57 Å².